The third-order valence-corrected chi connectivity index (χ3v) is 4.83. The van der Waals surface area contributed by atoms with Crippen LogP contribution in [0.3, 0.4) is 0 Å². The number of methoxy groups -OCH3 is 2. The number of nitrogens with zero attached hydrogens (tertiary/aromatic N) is 2. The van der Waals surface area contributed by atoms with Crippen LogP contribution in [0.4, 0.5) is 10.1 Å². The first kappa shape index (κ1) is 20.1. The molecule has 3 rings (SSSR count). The minimum absolute atomic E-state index is 0.0847. The van der Waals surface area contributed by atoms with Crippen molar-refractivity contribution in [1.29, 1.82) is 0 Å². The maximum atomic E-state index is 13.0. The van der Waals surface area contributed by atoms with Gasteiger partial charge in [0.05, 0.1) is 26.5 Å². The Kier molecular flexibility index (Phi) is 6.84. The summed E-state index contributed by atoms with van der Waals surface area (Å²) in [6.07, 6.45) is 0. The summed E-state index contributed by atoms with van der Waals surface area (Å²) < 4.78 is 23.5. The lowest BCUT2D eigenvalue weighted by Crippen LogP contribution is -2.48. The molecule has 0 spiro atoms. The minimum atomic E-state index is -0.216. The van der Waals surface area contributed by atoms with E-state index in [2.05, 4.69) is 15.1 Å². The van der Waals surface area contributed by atoms with Crippen LogP contribution in [0, 0.1) is 5.82 Å². The number of anilines is 1. The Labute approximate surface area is 164 Å². The van der Waals surface area contributed by atoms with E-state index in [1.165, 1.54) is 12.1 Å². The van der Waals surface area contributed by atoms with Gasteiger partial charge in [0, 0.05) is 38.8 Å². The quantitative estimate of drug-likeness (QED) is 0.792. The average molecular weight is 387 g/mol. The van der Waals surface area contributed by atoms with E-state index in [-0.39, 0.29) is 11.7 Å². The van der Waals surface area contributed by atoms with Crippen molar-refractivity contribution in [3.63, 3.8) is 0 Å². The Morgan fingerprint density at radius 2 is 1.68 bits per heavy atom. The standard InChI is InChI=1S/C21H26FN3O3/c1-27-18-7-8-20(28-2)19(13-18)23-21(26)15-25-11-9-24(10-12-25)14-16-3-5-17(22)6-4-16/h3-8,13H,9-12,14-15H2,1-2H3,(H,23,26). The molecular weight excluding hydrogens is 361 g/mol. The highest BCUT2D eigenvalue weighted by molar-refractivity contribution is 5.94. The van der Waals surface area contributed by atoms with Crippen LogP contribution in [0.2, 0.25) is 0 Å². The molecule has 0 bridgehead atoms. The summed E-state index contributed by atoms with van der Waals surface area (Å²) in [6.45, 7) is 4.47. The van der Waals surface area contributed by atoms with Gasteiger partial charge in [0.25, 0.3) is 0 Å². The van der Waals surface area contributed by atoms with Gasteiger partial charge in [0.1, 0.15) is 17.3 Å². The zero-order valence-electron chi connectivity index (χ0n) is 16.3. The molecule has 0 aliphatic carbocycles. The number of carbonyl (C=O) groups excluding carboxylic acids is 1. The molecule has 1 saturated heterocycles. The van der Waals surface area contributed by atoms with E-state index in [9.17, 15) is 9.18 Å². The van der Waals surface area contributed by atoms with Crippen molar-refractivity contribution in [2.24, 2.45) is 0 Å². The minimum Gasteiger partial charge on any atom is -0.497 e. The highest BCUT2D eigenvalue weighted by Crippen LogP contribution is 2.28. The van der Waals surface area contributed by atoms with Crippen LogP contribution in [0.25, 0.3) is 0 Å². The number of benzene rings is 2. The third-order valence-electron chi connectivity index (χ3n) is 4.83. The van der Waals surface area contributed by atoms with Gasteiger partial charge >= 0.3 is 0 Å². The van der Waals surface area contributed by atoms with Crippen LogP contribution < -0.4 is 14.8 Å². The van der Waals surface area contributed by atoms with E-state index in [0.29, 0.717) is 23.7 Å². The van der Waals surface area contributed by atoms with Gasteiger partial charge in [-0.1, -0.05) is 12.1 Å². The second-order valence-corrected chi connectivity index (χ2v) is 6.79. The van der Waals surface area contributed by atoms with Gasteiger partial charge in [0.15, 0.2) is 0 Å². The molecule has 28 heavy (non-hydrogen) atoms. The first-order valence-corrected chi connectivity index (χ1v) is 9.28. The Bertz CT molecular complexity index is 790. The number of piperazine rings is 1. The maximum Gasteiger partial charge on any atom is 0.238 e. The zero-order valence-corrected chi connectivity index (χ0v) is 16.3. The fourth-order valence-electron chi connectivity index (χ4n) is 3.26. The lowest BCUT2D eigenvalue weighted by molar-refractivity contribution is -0.117. The SMILES string of the molecule is COc1ccc(OC)c(NC(=O)CN2CCN(Cc3ccc(F)cc3)CC2)c1. The molecule has 1 aliphatic heterocycles. The van der Waals surface area contributed by atoms with Gasteiger partial charge in [-0.15, -0.1) is 0 Å². The van der Waals surface area contributed by atoms with E-state index >= 15 is 0 Å². The number of rotatable bonds is 7. The maximum absolute atomic E-state index is 13.0. The monoisotopic (exact) mass is 387 g/mol. The summed E-state index contributed by atoms with van der Waals surface area (Å²) in [4.78, 5) is 16.9. The predicted molar refractivity (Wildman–Crippen MR) is 106 cm³/mol. The molecule has 0 unspecified atom stereocenters. The molecule has 7 heteroatoms. The molecule has 1 amide bonds. The molecule has 1 N–H and O–H groups in total. The van der Waals surface area contributed by atoms with Gasteiger partial charge < -0.3 is 14.8 Å². The Morgan fingerprint density at radius 3 is 2.32 bits per heavy atom. The fourth-order valence-corrected chi connectivity index (χ4v) is 3.26. The second-order valence-electron chi connectivity index (χ2n) is 6.79. The summed E-state index contributed by atoms with van der Waals surface area (Å²) in [5.74, 6) is 0.953. The third kappa shape index (κ3) is 5.43. The van der Waals surface area contributed by atoms with Gasteiger partial charge in [-0.2, -0.15) is 0 Å². The number of halogens is 1. The predicted octanol–water partition coefficient (Wildman–Crippen LogP) is 2.60. The van der Waals surface area contributed by atoms with Gasteiger partial charge in [-0.3, -0.25) is 14.6 Å². The first-order chi connectivity index (χ1) is 13.6. The second kappa shape index (κ2) is 9.52. The molecule has 1 heterocycles. The van der Waals surface area contributed by atoms with Crippen molar-refractivity contribution in [3.8, 4) is 11.5 Å². The summed E-state index contributed by atoms with van der Waals surface area (Å²) in [7, 11) is 3.15. The molecule has 1 aliphatic rings. The normalized spacial score (nSPS) is 15.2. The van der Waals surface area contributed by atoms with Crippen molar-refractivity contribution in [3.05, 3.63) is 53.8 Å². The van der Waals surface area contributed by atoms with Crippen LogP contribution >= 0.6 is 0 Å². The average Bonchev–Trinajstić information content (AvgIpc) is 2.71. The van der Waals surface area contributed by atoms with E-state index in [1.807, 2.05) is 12.1 Å². The van der Waals surface area contributed by atoms with Crippen molar-refractivity contribution >= 4 is 11.6 Å². The summed E-state index contributed by atoms with van der Waals surface area (Å²) >= 11 is 0. The van der Waals surface area contributed by atoms with Crippen molar-refractivity contribution in [1.82, 2.24) is 9.80 Å². The molecule has 0 atom stereocenters. The fraction of sp³-hybridized carbons (Fsp3) is 0.381. The zero-order chi connectivity index (χ0) is 19.9. The number of hydrogen-bond acceptors (Lipinski definition) is 5. The number of nitrogens with one attached hydrogen (secondary N) is 1. The summed E-state index contributed by atoms with van der Waals surface area (Å²) in [5.41, 5.74) is 1.69. The molecule has 0 saturated carbocycles. The molecular formula is C21H26FN3O3. The van der Waals surface area contributed by atoms with Crippen LogP contribution in [0.15, 0.2) is 42.5 Å². The number of ether oxygens (including phenoxy) is 2. The number of amides is 1. The van der Waals surface area contributed by atoms with Gasteiger partial charge in [-0.05, 0) is 29.8 Å². The van der Waals surface area contributed by atoms with E-state index in [0.717, 1.165) is 38.3 Å². The topological polar surface area (TPSA) is 54.0 Å². The lowest BCUT2D eigenvalue weighted by Gasteiger charge is -2.34. The molecule has 0 radical (unpaired) electrons. The smallest absolute Gasteiger partial charge is 0.238 e. The van der Waals surface area contributed by atoms with Gasteiger partial charge in [-0.25, -0.2) is 4.39 Å². The van der Waals surface area contributed by atoms with E-state index in [1.54, 1.807) is 32.4 Å². The van der Waals surface area contributed by atoms with Crippen LogP contribution in [-0.2, 0) is 11.3 Å². The van der Waals surface area contributed by atoms with E-state index < -0.39 is 0 Å². The van der Waals surface area contributed by atoms with Crippen molar-refractivity contribution < 1.29 is 18.7 Å². The largest absolute Gasteiger partial charge is 0.497 e. The molecule has 2 aromatic rings. The molecule has 150 valence electrons. The first-order valence-electron chi connectivity index (χ1n) is 9.28. The molecule has 6 nitrogen and oxygen atoms in total. The number of carbonyl (C=O) groups is 1. The highest BCUT2D eigenvalue weighted by Gasteiger charge is 2.19. The highest BCUT2D eigenvalue weighted by atomic mass is 19.1. The van der Waals surface area contributed by atoms with Crippen LogP contribution in [0.5, 0.6) is 11.5 Å². The van der Waals surface area contributed by atoms with Crippen molar-refractivity contribution in [2.45, 2.75) is 6.54 Å². The molecule has 2 aromatic carbocycles. The van der Waals surface area contributed by atoms with Crippen molar-refractivity contribution in [2.75, 3.05) is 52.3 Å². The molecule has 0 aromatic heterocycles. The van der Waals surface area contributed by atoms with Gasteiger partial charge in [0.2, 0.25) is 5.91 Å². The summed E-state index contributed by atoms with van der Waals surface area (Å²) in [5, 5.41) is 2.91. The number of hydrogen-bond donors (Lipinski definition) is 1. The van der Waals surface area contributed by atoms with Crippen LogP contribution in [0.1, 0.15) is 5.56 Å². The molecule has 1 fully saturated rings. The van der Waals surface area contributed by atoms with E-state index in [4.69, 9.17) is 9.47 Å². The Hall–Kier alpha value is -2.64. The lowest BCUT2D eigenvalue weighted by atomic mass is 10.2. The Morgan fingerprint density at radius 1 is 1.00 bits per heavy atom. The Balaban J connectivity index is 1.48. The summed E-state index contributed by atoms with van der Waals surface area (Å²) in [6, 6.07) is 11.9. The van der Waals surface area contributed by atoms with Crippen LogP contribution in [-0.4, -0.2) is 62.7 Å².